The van der Waals surface area contributed by atoms with Crippen molar-refractivity contribution in [2.75, 3.05) is 4.90 Å². The van der Waals surface area contributed by atoms with E-state index in [0.29, 0.717) is 21.8 Å². The average molecular weight is 459 g/mol. The highest BCUT2D eigenvalue weighted by Crippen LogP contribution is 2.25. The molecular formula is C25H16FN2O6-. The van der Waals surface area contributed by atoms with Gasteiger partial charge in [0.2, 0.25) is 0 Å². The third-order valence-electron chi connectivity index (χ3n) is 4.95. The molecule has 170 valence electrons. The molecule has 1 N–H and O–H groups in total. The van der Waals surface area contributed by atoms with E-state index in [4.69, 9.17) is 4.74 Å². The van der Waals surface area contributed by atoms with E-state index in [2.05, 4.69) is 0 Å². The molecule has 1 heterocycles. The molecule has 0 bridgehead atoms. The van der Waals surface area contributed by atoms with Gasteiger partial charge in [0.05, 0.1) is 11.7 Å². The first-order valence-corrected chi connectivity index (χ1v) is 10.0. The molecule has 1 saturated heterocycles. The molecule has 8 nitrogen and oxygen atoms in total. The van der Waals surface area contributed by atoms with E-state index < -0.39 is 29.6 Å². The summed E-state index contributed by atoms with van der Waals surface area (Å²) in [5, 5.41) is 13.0. The number of carboxylic acids is 1. The molecule has 0 aliphatic carbocycles. The number of ether oxygens (including phenoxy) is 1. The Kier molecular flexibility index (Phi) is 6.18. The van der Waals surface area contributed by atoms with Gasteiger partial charge in [0.15, 0.2) is 0 Å². The molecule has 4 amide bonds. The van der Waals surface area contributed by atoms with E-state index in [1.807, 2.05) is 5.32 Å². The highest BCUT2D eigenvalue weighted by Gasteiger charge is 2.37. The second kappa shape index (κ2) is 9.37. The predicted molar refractivity (Wildman–Crippen MR) is 117 cm³/mol. The Balaban J connectivity index is 1.51. The molecule has 0 radical (unpaired) electrons. The van der Waals surface area contributed by atoms with Crippen LogP contribution in [-0.2, 0) is 16.2 Å². The summed E-state index contributed by atoms with van der Waals surface area (Å²) in [5.41, 5.74) is 0.537. The summed E-state index contributed by atoms with van der Waals surface area (Å²) in [6.45, 7) is 0.113. The summed E-state index contributed by atoms with van der Waals surface area (Å²) >= 11 is 0. The van der Waals surface area contributed by atoms with E-state index in [-0.39, 0.29) is 23.4 Å². The minimum absolute atomic E-state index is 0.0430. The number of carbonyl (C=O) groups excluding carboxylic acids is 4. The normalized spacial score (nSPS) is 14.8. The number of para-hydroxylation sites is 1. The van der Waals surface area contributed by atoms with Crippen molar-refractivity contribution in [1.29, 1.82) is 0 Å². The Hall–Kier alpha value is -4.79. The first-order valence-electron chi connectivity index (χ1n) is 10.0. The monoisotopic (exact) mass is 459 g/mol. The van der Waals surface area contributed by atoms with Gasteiger partial charge in [0.25, 0.3) is 11.8 Å². The summed E-state index contributed by atoms with van der Waals surface area (Å²) in [5.74, 6) is -3.45. The maximum absolute atomic E-state index is 14.1. The van der Waals surface area contributed by atoms with Crippen molar-refractivity contribution in [2.45, 2.75) is 6.61 Å². The summed E-state index contributed by atoms with van der Waals surface area (Å²) in [6.07, 6.45) is 1.28. The topological polar surface area (TPSA) is 116 Å². The standard InChI is InChI=1S/C25H17FN2O6/c26-20-6-1-2-7-21(20)28-23(30)19(22(29)27-25(28)33)13-15-8-10-18(11-9-15)34-14-16-4-3-5-17(12-16)24(31)32/h1-13H,14H2,(H,31,32)(H,27,29,33)/p-1/b19-13+. The van der Waals surface area contributed by atoms with Crippen LogP contribution in [0.1, 0.15) is 21.5 Å². The number of amides is 4. The third kappa shape index (κ3) is 4.68. The van der Waals surface area contributed by atoms with Gasteiger partial charge in [0.1, 0.15) is 23.7 Å². The number of hydrogen-bond donors (Lipinski definition) is 1. The van der Waals surface area contributed by atoms with Crippen molar-refractivity contribution < 1.29 is 33.4 Å². The van der Waals surface area contributed by atoms with Crippen LogP contribution in [0.25, 0.3) is 6.08 Å². The maximum Gasteiger partial charge on any atom is 0.336 e. The number of hydrogen-bond acceptors (Lipinski definition) is 6. The van der Waals surface area contributed by atoms with Crippen LogP contribution in [0.4, 0.5) is 14.9 Å². The molecule has 1 aliphatic heterocycles. The van der Waals surface area contributed by atoms with Gasteiger partial charge in [-0.3, -0.25) is 14.9 Å². The van der Waals surface area contributed by atoms with E-state index >= 15 is 0 Å². The molecule has 0 atom stereocenters. The Morgan fingerprint density at radius 3 is 2.44 bits per heavy atom. The number of benzene rings is 3. The Morgan fingerprint density at radius 2 is 1.74 bits per heavy atom. The zero-order chi connectivity index (χ0) is 24.2. The van der Waals surface area contributed by atoms with Crippen LogP contribution in [0, 0.1) is 5.82 Å². The number of nitrogens with one attached hydrogen (secondary N) is 1. The molecule has 3 aromatic rings. The molecule has 34 heavy (non-hydrogen) atoms. The Morgan fingerprint density at radius 1 is 1.00 bits per heavy atom. The average Bonchev–Trinajstić information content (AvgIpc) is 2.82. The van der Waals surface area contributed by atoms with Crippen molar-refractivity contribution in [3.05, 3.63) is 101 Å². The molecule has 0 unspecified atom stereocenters. The smallest absolute Gasteiger partial charge is 0.336 e. The van der Waals surface area contributed by atoms with Crippen LogP contribution in [0.5, 0.6) is 5.75 Å². The molecule has 0 saturated carbocycles. The van der Waals surface area contributed by atoms with E-state index in [0.717, 1.165) is 6.07 Å². The minimum Gasteiger partial charge on any atom is -0.545 e. The molecule has 0 spiro atoms. The fourth-order valence-corrected chi connectivity index (χ4v) is 3.29. The van der Waals surface area contributed by atoms with Gasteiger partial charge in [0, 0.05) is 0 Å². The number of carbonyl (C=O) groups is 4. The Labute approximate surface area is 192 Å². The van der Waals surface area contributed by atoms with Crippen molar-refractivity contribution in [3.63, 3.8) is 0 Å². The second-order valence-corrected chi connectivity index (χ2v) is 7.25. The van der Waals surface area contributed by atoms with E-state index in [9.17, 15) is 28.7 Å². The van der Waals surface area contributed by atoms with Gasteiger partial charge in [-0.25, -0.2) is 14.1 Å². The Bertz CT molecular complexity index is 1330. The lowest BCUT2D eigenvalue weighted by Gasteiger charge is -2.26. The van der Waals surface area contributed by atoms with Crippen LogP contribution in [0.3, 0.4) is 0 Å². The van der Waals surface area contributed by atoms with Crippen molar-refractivity contribution in [2.24, 2.45) is 0 Å². The fraction of sp³-hybridized carbons (Fsp3) is 0.0400. The number of rotatable bonds is 6. The summed E-state index contributed by atoms with van der Waals surface area (Å²) in [4.78, 5) is 48.8. The highest BCUT2D eigenvalue weighted by molar-refractivity contribution is 6.39. The van der Waals surface area contributed by atoms with Crippen LogP contribution < -0.4 is 20.1 Å². The largest absolute Gasteiger partial charge is 0.545 e. The van der Waals surface area contributed by atoms with Gasteiger partial charge >= 0.3 is 6.03 Å². The summed E-state index contributed by atoms with van der Waals surface area (Å²) in [6, 6.07) is 16.7. The molecule has 9 heteroatoms. The number of carboxylic acid groups (broad SMARTS) is 1. The molecule has 0 aromatic heterocycles. The molecular weight excluding hydrogens is 443 g/mol. The van der Waals surface area contributed by atoms with Crippen LogP contribution in [-0.4, -0.2) is 23.8 Å². The first-order chi connectivity index (χ1) is 16.3. The lowest BCUT2D eigenvalue weighted by Crippen LogP contribution is -2.54. The number of anilines is 1. The van der Waals surface area contributed by atoms with Gasteiger partial charge < -0.3 is 14.6 Å². The zero-order valence-electron chi connectivity index (χ0n) is 17.5. The number of aromatic carboxylic acids is 1. The van der Waals surface area contributed by atoms with E-state index in [1.54, 1.807) is 36.4 Å². The van der Waals surface area contributed by atoms with Crippen molar-refractivity contribution in [1.82, 2.24) is 5.32 Å². The molecule has 3 aromatic carbocycles. The SMILES string of the molecule is O=C1NC(=O)N(c2ccccc2F)C(=O)/C1=C/c1ccc(OCc2cccc(C(=O)[O-])c2)cc1. The second-order valence-electron chi connectivity index (χ2n) is 7.25. The predicted octanol–water partition coefficient (Wildman–Crippen LogP) is 2.43. The lowest BCUT2D eigenvalue weighted by atomic mass is 10.1. The molecule has 1 fully saturated rings. The van der Waals surface area contributed by atoms with Crippen LogP contribution in [0.15, 0.2) is 78.4 Å². The number of halogens is 1. The number of nitrogens with zero attached hydrogens (tertiary/aromatic N) is 1. The van der Waals surface area contributed by atoms with Crippen LogP contribution in [0.2, 0.25) is 0 Å². The number of barbiturate groups is 1. The highest BCUT2D eigenvalue weighted by atomic mass is 19.1. The van der Waals surface area contributed by atoms with Crippen LogP contribution >= 0.6 is 0 Å². The summed E-state index contributed by atoms with van der Waals surface area (Å²) in [7, 11) is 0. The fourth-order valence-electron chi connectivity index (χ4n) is 3.29. The summed E-state index contributed by atoms with van der Waals surface area (Å²) < 4.78 is 19.8. The van der Waals surface area contributed by atoms with Gasteiger partial charge in [-0.1, -0.05) is 42.5 Å². The zero-order valence-corrected chi connectivity index (χ0v) is 17.5. The minimum atomic E-state index is -1.28. The number of imide groups is 2. The van der Waals surface area contributed by atoms with E-state index in [1.165, 1.54) is 36.4 Å². The quantitative estimate of drug-likeness (QED) is 0.447. The van der Waals surface area contributed by atoms with Gasteiger partial charge in [-0.2, -0.15) is 0 Å². The van der Waals surface area contributed by atoms with Crippen molar-refractivity contribution >= 4 is 35.6 Å². The molecule has 1 aliphatic rings. The lowest BCUT2D eigenvalue weighted by molar-refractivity contribution is -0.255. The maximum atomic E-state index is 14.1. The van der Waals surface area contributed by atoms with Gasteiger partial charge in [-0.15, -0.1) is 0 Å². The molecule has 4 rings (SSSR count). The van der Waals surface area contributed by atoms with Crippen molar-refractivity contribution in [3.8, 4) is 5.75 Å². The third-order valence-corrected chi connectivity index (χ3v) is 4.95. The van der Waals surface area contributed by atoms with Gasteiger partial charge in [-0.05, 0) is 53.1 Å². The number of urea groups is 1. The first kappa shape index (κ1) is 22.4.